The average molecular weight is 304 g/mol. The zero-order valence-electron chi connectivity index (χ0n) is 10.8. The van der Waals surface area contributed by atoms with Crippen LogP contribution in [0.25, 0.3) is 0 Å². The topological polar surface area (TPSA) is 66.9 Å². The standard InChI is InChI=1S/C11H16N2O4S2/c1-12(2)19(15,16)9-7-10(18-8-9)11(14)13-3-5-17-6-4-13/h7-8H,3-6H2,1-2H3. The van der Waals surface area contributed by atoms with Crippen molar-refractivity contribution in [3.05, 3.63) is 16.3 Å². The fourth-order valence-electron chi connectivity index (χ4n) is 1.70. The van der Waals surface area contributed by atoms with Crippen LogP contribution in [0.1, 0.15) is 9.67 Å². The lowest BCUT2D eigenvalue weighted by Crippen LogP contribution is -2.40. The van der Waals surface area contributed by atoms with Crippen molar-refractivity contribution in [2.75, 3.05) is 40.4 Å². The highest BCUT2D eigenvalue weighted by molar-refractivity contribution is 7.89. The highest BCUT2D eigenvalue weighted by Crippen LogP contribution is 2.23. The number of thiophene rings is 1. The molecule has 2 rings (SSSR count). The third-order valence-corrected chi connectivity index (χ3v) is 5.72. The van der Waals surface area contributed by atoms with Crippen molar-refractivity contribution in [3.63, 3.8) is 0 Å². The summed E-state index contributed by atoms with van der Waals surface area (Å²) < 4.78 is 30.2. The molecule has 0 radical (unpaired) electrons. The van der Waals surface area contributed by atoms with Crippen molar-refractivity contribution in [1.29, 1.82) is 0 Å². The molecule has 1 saturated heterocycles. The normalized spacial score (nSPS) is 16.9. The predicted octanol–water partition coefficient (Wildman–Crippen LogP) is 0.471. The van der Waals surface area contributed by atoms with E-state index in [4.69, 9.17) is 4.74 Å². The summed E-state index contributed by atoms with van der Waals surface area (Å²) in [5.41, 5.74) is 0. The third kappa shape index (κ3) is 2.97. The minimum absolute atomic E-state index is 0.131. The summed E-state index contributed by atoms with van der Waals surface area (Å²) in [6, 6.07) is 1.44. The molecule has 0 N–H and O–H groups in total. The quantitative estimate of drug-likeness (QED) is 0.814. The number of nitrogens with zero attached hydrogens (tertiary/aromatic N) is 2. The van der Waals surface area contributed by atoms with Gasteiger partial charge >= 0.3 is 0 Å². The van der Waals surface area contributed by atoms with Crippen LogP contribution in [-0.4, -0.2) is 63.9 Å². The third-order valence-electron chi connectivity index (χ3n) is 2.86. The lowest BCUT2D eigenvalue weighted by Gasteiger charge is -2.26. The maximum Gasteiger partial charge on any atom is 0.264 e. The Morgan fingerprint density at radius 1 is 1.37 bits per heavy atom. The summed E-state index contributed by atoms with van der Waals surface area (Å²) in [5, 5.41) is 1.50. The Balaban J connectivity index is 2.19. The number of amides is 1. The molecule has 1 aliphatic heterocycles. The molecule has 1 aromatic heterocycles. The molecule has 0 bridgehead atoms. The molecule has 19 heavy (non-hydrogen) atoms. The summed E-state index contributed by atoms with van der Waals surface area (Å²) in [4.78, 5) is 14.5. The van der Waals surface area contributed by atoms with Gasteiger partial charge in [-0.2, -0.15) is 0 Å². The summed E-state index contributed by atoms with van der Waals surface area (Å²) in [5.74, 6) is -0.131. The summed E-state index contributed by atoms with van der Waals surface area (Å²) in [6.45, 7) is 2.15. The molecule has 1 aliphatic rings. The number of hydrogen-bond donors (Lipinski definition) is 0. The van der Waals surface area contributed by atoms with E-state index in [0.29, 0.717) is 31.2 Å². The largest absolute Gasteiger partial charge is 0.378 e. The Bertz CT molecular complexity index is 559. The lowest BCUT2D eigenvalue weighted by molar-refractivity contribution is 0.0306. The maximum absolute atomic E-state index is 12.2. The van der Waals surface area contributed by atoms with Crippen LogP contribution in [0.4, 0.5) is 0 Å². The number of carbonyl (C=O) groups excluding carboxylic acids is 1. The molecule has 0 atom stereocenters. The van der Waals surface area contributed by atoms with Gasteiger partial charge in [-0.15, -0.1) is 11.3 Å². The first-order valence-corrected chi connectivity index (χ1v) is 8.13. The molecule has 0 unspecified atom stereocenters. The van der Waals surface area contributed by atoms with E-state index in [1.54, 1.807) is 4.90 Å². The van der Waals surface area contributed by atoms with E-state index in [1.165, 1.54) is 25.5 Å². The second kappa shape index (κ2) is 5.58. The fraction of sp³-hybridized carbons (Fsp3) is 0.545. The Kier molecular flexibility index (Phi) is 4.24. The second-order valence-corrected chi connectivity index (χ2v) is 7.40. The zero-order chi connectivity index (χ0) is 14.0. The monoisotopic (exact) mass is 304 g/mol. The molecule has 6 nitrogen and oxygen atoms in total. The SMILES string of the molecule is CN(C)S(=O)(=O)c1csc(C(=O)N2CCOCC2)c1. The van der Waals surface area contributed by atoms with Crippen LogP contribution in [0.15, 0.2) is 16.3 Å². The first kappa shape index (κ1) is 14.4. The number of rotatable bonds is 3. The van der Waals surface area contributed by atoms with Crippen LogP contribution in [0.3, 0.4) is 0 Å². The number of sulfonamides is 1. The molecule has 1 amide bonds. The van der Waals surface area contributed by atoms with Crippen molar-refractivity contribution in [2.24, 2.45) is 0 Å². The predicted molar refractivity (Wildman–Crippen MR) is 71.9 cm³/mol. The maximum atomic E-state index is 12.2. The minimum Gasteiger partial charge on any atom is -0.378 e. The molecule has 0 aromatic carbocycles. The Morgan fingerprint density at radius 2 is 2.00 bits per heavy atom. The zero-order valence-corrected chi connectivity index (χ0v) is 12.5. The van der Waals surface area contributed by atoms with E-state index >= 15 is 0 Å². The Labute approximate surface area is 116 Å². The van der Waals surface area contributed by atoms with Crippen LogP contribution in [0, 0.1) is 0 Å². The first-order valence-electron chi connectivity index (χ1n) is 5.81. The minimum atomic E-state index is -3.47. The lowest BCUT2D eigenvalue weighted by atomic mass is 10.3. The molecule has 106 valence electrons. The Morgan fingerprint density at radius 3 is 2.58 bits per heavy atom. The number of hydrogen-bond acceptors (Lipinski definition) is 5. The van der Waals surface area contributed by atoms with Gasteiger partial charge in [-0.05, 0) is 6.07 Å². The van der Waals surface area contributed by atoms with Crippen molar-refractivity contribution >= 4 is 27.3 Å². The number of ether oxygens (including phenoxy) is 1. The molecule has 1 aromatic rings. The molecular formula is C11H16N2O4S2. The number of carbonyl (C=O) groups is 1. The molecular weight excluding hydrogens is 288 g/mol. The fourth-order valence-corrected chi connectivity index (χ4v) is 3.83. The van der Waals surface area contributed by atoms with Gasteiger partial charge in [0.05, 0.1) is 23.0 Å². The summed E-state index contributed by atoms with van der Waals surface area (Å²) in [7, 11) is -0.535. The van der Waals surface area contributed by atoms with Gasteiger partial charge in [0.15, 0.2) is 0 Å². The van der Waals surface area contributed by atoms with Gasteiger partial charge < -0.3 is 9.64 Å². The van der Waals surface area contributed by atoms with E-state index in [0.717, 1.165) is 15.6 Å². The van der Waals surface area contributed by atoms with Gasteiger partial charge in [0.25, 0.3) is 5.91 Å². The van der Waals surface area contributed by atoms with Crippen LogP contribution < -0.4 is 0 Å². The van der Waals surface area contributed by atoms with E-state index in [2.05, 4.69) is 0 Å². The summed E-state index contributed by atoms with van der Waals surface area (Å²) in [6.07, 6.45) is 0. The summed E-state index contributed by atoms with van der Waals surface area (Å²) >= 11 is 1.16. The van der Waals surface area contributed by atoms with E-state index in [1.807, 2.05) is 0 Å². The van der Waals surface area contributed by atoms with Gasteiger partial charge in [0.2, 0.25) is 10.0 Å². The van der Waals surface area contributed by atoms with Crippen molar-refractivity contribution in [3.8, 4) is 0 Å². The van der Waals surface area contributed by atoms with E-state index in [-0.39, 0.29) is 10.8 Å². The molecule has 0 saturated carbocycles. The highest BCUT2D eigenvalue weighted by atomic mass is 32.2. The van der Waals surface area contributed by atoms with Gasteiger partial charge in [-0.25, -0.2) is 12.7 Å². The smallest absolute Gasteiger partial charge is 0.264 e. The van der Waals surface area contributed by atoms with E-state index in [9.17, 15) is 13.2 Å². The van der Waals surface area contributed by atoms with Gasteiger partial charge in [-0.1, -0.05) is 0 Å². The van der Waals surface area contributed by atoms with Crippen molar-refractivity contribution in [2.45, 2.75) is 4.90 Å². The molecule has 0 aliphatic carbocycles. The van der Waals surface area contributed by atoms with Gasteiger partial charge in [0, 0.05) is 32.6 Å². The number of morpholine rings is 1. The van der Waals surface area contributed by atoms with E-state index < -0.39 is 10.0 Å². The van der Waals surface area contributed by atoms with Gasteiger partial charge in [-0.3, -0.25) is 4.79 Å². The molecule has 8 heteroatoms. The van der Waals surface area contributed by atoms with Crippen LogP contribution >= 0.6 is 11.3 Å². The van der Waals surface area contributed by atoms with Crippen LogP contribution in [-0.2, 0) is 14.8 Å². The first-order chi connectivity index (χ1) is 8.93. The van der Waals surface area contributed by atoms with Crippen molar-refractivity contribution < 1.29 is 17.9 Å². The van der Waals surface area contributed by atoms with Gasteiger partial charge in [0.1, 0.15) is 0 Å². The average Bonchev–Trinajstić information content (AvgIpc) is 2.89. The van der Waals surface area contributed by atoms with Crippen molar-refractivity contribution in [1.82, 2.24) is 9.21 Å². The van der Waals surface area contributed by atoms with Crippen LogP contribution in [0.2, 0.25) is 0 Å². The molecule has 0 spiro atoms. The molecule has 1 fully saturated rings. The molecule has 2 heterocycles. The Hall–Kier alpha value is -0.960. The highest BCUT2D eigenvalue weighted by Gasteiger charge is 2.24. The second-order valence-electron chi connectivity index (χ2n) is 4.34. The van der Waals surface area contributed by atoms with Crippen LogP contribution in [0.5, 0.6) is 0 Å².